The van der Waals surface area contributed by atoms with Gasteiger partial charge in [0.2, 0.25) is 0 Å². The molecule has 0 aliphatic carbocycles. The normalized spacial score (nSPS) is 10.0. The van der Waals surface area contributed by atoms with E-state index in [9.17, 15) is 4.79 Å². The van der Waals surface area contributed by atoms with Crippen molar-refractivity contribution in [3.05, 3.63) is 64.8 Å². The van der Waals surface area contributed by atoms with Gasteiger partial charge in [-0.25, -0.2) is 0 Å². The lowest BCUT2D eigenvalue weighted by Gasteiger charge is -2.01. The Morgan fingerprint density at radius 3 is 2.92 bits per heavy atom. The Hall–Kier alpha value is -2.71. The van der Waals surface area contributed by atoms with Gasteiger partial charge >= 0.3 is 0 Å². The summed E-state index contributed by atoms with van der Waals surface area (Å²) in [5.74, 6) is 6.37. The van der Waals surface area contributed by atoms with E-state index in [2.05, 4.69) is 38.1 Å². The van der Waals surface area contributed by atoms with E-state index in [1.54, 1.807) is 6.20 Å². The number of H-pyrrole nitrogens is 1. The molecule has 0 fully saturated rings. The Morgan fingerprint density at radius 1 is 1.17 bits per heavy atom. The molecule has 0 bridgehead atoms. The Balaban J connectivity index is 1.49. The van der Waals surface area contributed by atoms with Gasteiger partial charge in [0.25, 0.3) is 5.91 Å². The van der Waals surface area contributed by atoms with Gasteiger partial charge < -0.3 is 15.0 Å². The lowest BCUT2D eigenvalue weighted by molar-refractivity contribution is 0.0960. The SMILES string of the molecule is O=C(NCC#CCOc1cccc(Br)c1)c1c[nH]c2ccccc12. The highest BCUT2D eigenvalue weighted by Crippen LogP contribution is 2.18. The second-order valence-electron chi connectivity index (χ2n) is 5.03. The number of ether oxygens (including phenoxy) is 1. The second-order valence-corrected chi connectivity index (χ2v) is 5.95. The Morgan fingerprint density at radius 2 is 2.04 bits per heavy atom. The molecule has 4 nitrogen and oxygen atoms in total. The summed E-state index contributed by atoms with van der Waals surface area (Å²) in [5, 5.41) is 3.69. The average molecular weight is 383 g/mol. The summed E-state index contributed by atoms with van der Waals surface area (Å²) in [5.41, 5.74) is 1.56. The number of halogens is 1. The monoisotopic (exact) mass is 382 g/mol. The smallest absolute Gasteiger partial charge is 0.254 e. The zero-order chi connectivity index (χ0) is 16.8. The highest BCUT2D eigenvalue weighted by Gasteiger charge is 2.09. The average Bonchev–Trinajstić information content (AvgIpc) is 3.02. The van der Waals surface area contributed by atoms with Crippen LogP contribution in [0.4, 0.5) is 0 Å². The summed E-state index contributed by atoms with van der Waals surface area (Å²) in [6.07, 6.45) is 1.71. The molecule has 1 heterocycles. The first-order valence-corrected chi connectivity index (χ1v) is 8.22. The zero-order valence-electron chi connectivity index (χ0n) is 12.8. The molecule has 0 aliphatic heterocycles. The molecule has 0 unspecified atom stereocenters. The molecule has 2 aromatic carbocycles. The number of carbonyl (C=O) groups is 1. The van der Waals surface area contributed by atoms with Crippen LogP contribution in [-0.2, 0) is 0 Å². The van der Waals surface area contributed by atoms with Crippen molar-refractivity contribution in [2.75, 3.05) is 13.2 Å². The fourth-order valence-electron chi connectivity index (χ4n) is 2.27. The van der Waals surface area contributed by atoms with E-state index in [0.29, 0.717) is 5.56 Å². The summed E-state index contributed by atoms with van der Waals surface area (Å²) < 4.78 is 6.46. The number of rotatable bonds is 4. The molecule has 0 saturated heterocycles. The topological polar surface area (TPSA) is 54.1 Å². The van der Waals surface area contributed by atoms with Gasteiger partial charge in [-0.3, -0.25) is 4.79 Å². The predicted molar refractivity (Wildman–Crippen MR) is 98.0 cm³/mol. The van der Waals surface area contributed by atoms with Gasteiger partial charge in [0, 0.05) is 21.6 Å². The molecule has 1 aromatic heterocycles. The predicted octanol–water partition coefficient (Wildman–Crippen LogP) is 3.74. The van der Waals surface area contributed by atoms with Crippen LogP contribution in [0.25, 0.3) is 10.9 Å². The van der Waals surface area contributed by atoms with Gasteiger partial charge in [0.15, 0.2) is 0 Å². The summed E-state index contributed by atoms with van der Waals surface area (Å²) in [6, 6.07) is 15.3. The van der Waals surface area contributed by atoms with Crippen molar-refractivity contribution in [3.8, 4) is 17.6 Å². The Labute approximate surface area is 148 Å². The quantitative estimate of drug-likeness (QED) is 0.675. The van der Waals surface area contributed by atoms with Crippen LogP contribution < -0.4 is 10.1 Å². The van der Waals surface area contributed by atoms with E-state index in [1.807, 2.05) is 48.5 Å². The van der Waals surface area contributed by atoms with Crippen LogP contribution in [-0.4, -0.2) is 24.0 Å². The third kappa shape index (κ3) is 3.98. The molecule has 3 aromatic rings. The first-order valence-electron chi connectivity index (χ1n) is 7.42. The van der Waals surface area contributed by atoms with E-state index >= 15 is 0 Å². The fourth-order valence-corrected chi connectivity index (χ4v) is 2.65. The first kappa shape index (κ1) is 16.2. The maximum absolute atomic E-state index is 12.2. The van der Waals surface area contributed by atoms with Crippen molar-refractivity contribution in [2.45, 2.75) is 0 Å². The third-order valence-corrected chi connectivity index (χ3v) is 3.90. The lowest BCUT2D eigenvalue weighted by atomic mass is 10.1. The van der Waals surface area contributed by atoms with Crippen LogP contribution in [0.15, 0.2) is 59.2 Å². The number of carbonyl (C=O) groups excluding carboxylic acids is 1. The van der Waals surface area contributed by atoms with Crippen LogP contribution >= 0.6 is 15.9 Å². The molecule has 5 heteroatoms. The number of nitrogens with one attached hydrogen (secondary N) is 2. The minimum Gasteiger partial charge on any atom is -0.481 e. The van der Waals surface area contributed by atoms with Crippen molar-refractivity contribution in [1.29, 1.82) is 0 Å². The van der Waals surface area contributed by atoms with Crippen molar-refractivity contribution in [1.82, 2.24) is 10.3 Å². The zero-order valence-corrected chi connectivity index (χ0v) is 14.4. The van der Waals surface area contributed by atoms with Gasteiger partial charge in [0.1, 0.15) is 12.4 Å². The fraction of sp³-hybridized carbons (Fsp3) is 0.105. The van der Waals surface area contributed by atoms with E-state index < -0.39 is 0 Å². The van der Waals surface area contributed by atoms with E-state index in [0.717, 1.165) is 21.1 Å². The summed E-state index contributed by atoms with van der Waals surface area (Å²) in [4.78, 5) is 15.3. The van der Waals surface area contributed by atoms with Gasteiger partial charge in [-0.05, 0) is 24.3 Å². The van der Waals surface area contributed by atoms with Crippen molar-refractivity contribution in [3.63, 3.8) is 0 Å². The maximum Gasteiger partial charge on any atom is 0.254 e. The number of fused-ring (bicyclic) bond motifs is 1. The second kappa shape index (κ2) is 7.71. The minimum absolute atomic E-state index is 0.144. The molecule has 120 valence electrons. The summed E-state index contributed by atoms with van der Waals surface area (Å²) in [7, 11) is 0. The molecule has 1 amide bonds. The number of amides is 1. The van der Waals surface area contributed by atoms with Crippen molar-refractivity contribution >= 4 is 32.7 Å². The van der Waals surface area contributed by atoms with Crippen LogP contribution in [0.1, 0.15) is 10.4 Å². The highest BCUT2D eigenvalue weighted by atomic mass is 79.9. The van der Waals surface area contributed by atoms with Gasteiger partial charge in [-0.1, -0.05) is 52.0 Å². The standard InChI is InChI=1S/C19H15BrN2O2/c20-14-6-5-7-15(12-14)24-11-4-3-10-21-19(23)17-13-22-18-9-2-1-8-16(17)18/h1-2,5-9,12-13,22H,10-11H2,(H,21,23). The molecular formula is C19H15BrN2O2. The molecule has 2 N–H and O–H groups in total. The minimum atomic E-state index is -0.144. The van der Waals surface area contributed by atoms with Crippen LogP contribution in [0.2, 0.25) is 0 Å². The maximum atomic E-state index is 12.2. The van der Waals surface area contributed by atoms with Crippen LogP contribution in [0.5, 0.6) is 5.75 Å². The largest absolute Gasteiger partial charge is 0.481 e. The summed E-state index contributed by atoms with van der Waals surface area (Å²) in [6.45, 7) is 0.555. The highest BCUT2D eigenvalue weighted by molar-refractivity contribution is 9.10. The molecule has 0 aliphatic rings. The van der Waals surface area contributed by atoms with Crippen molar-refractivity contribution < 1.29 is 9.53 Å². The number of hydrogen-bond donors (Lipinski definition) is 2. The van der Waals surface area contributed by atoms with Crippen LogP contribution in [0, 0.1) is 11.8 Å². The van der Waals surface area contributed by atoms with Gasteiger partial charge in [-0.2, -0.15) is 0 Å². The van der Waals surface area contributed by atoms with Crippen molar-refractivity contribution in [2.24, 2.45) is 0 Å². The number of benzene rings is 2. The molecule has 0 radical (unpaired) electrons. The number of para-hydroxylation sites is 1. The first-order chi connectivity index (χ1) is 11.7. The van der Waals surface area contributed by atoms with E-state index in [-0.39, 0.29) is 19.1 Å². The van der Waals surface area contributed by atoms with E-state index in [4.69, 9.17) is 4.74 Å². The molecule has 3 rings (SSSR count). The molecule has 0 atom stereocenters. The number of aromatic nitrogens is 1. The van der Waals surface area contributed by atoms with Crippen LogP contribution in [0.3, 0.4) is 0 Å². The molecule has 0 spiro atoms. The Kier molecular flexibility index (Phi) is 5.19. The third-order valence-electron chi connectivity index (χ3n) is 3.40. The molecule has 0 saturated carbocycles. The molecule has 24 heavy (non-hydrogen) atoms. The lowest BCUT2D eigenvalue weighted by Crippen LogP contribution is -2.23. The summed E-state index contributed by atoms with van der Waals surface area (Å²) >= 11 is 3.38. The molecular weight excluding hydrogens is 368 g/mol. The van der Waals surface area contributed by atoms with E-state index in [1.165, 1.54) is 0 Å². The number of aromatic amines is 1. The van der Waals surface area contributed by atoms with Gasteiger partial charge in [0.05, 0.1) is 12.1 Å². The number of hydrogen-bond acceptors (Lipinski definition) is 2. The Bertz CT molecular complexity index is 922. The van der Waals surface area contributed by atoms with Gasteiger partial charge in [-0.15, -0.1) is 0 Å².